The van der Waals surface area contributed by atoms with Crippen molar-refractivity contribution in [2.75, 3.05) is 0 Å². The van der Waals surface area contributed by atoms with Crippen LogP contribution in [0.4, 0.5) is 4.39 Å². The summed E-state index contributed by atoms with van der Waals surface area (Å²) in [6, 6.07) is 6.08. The van der Waals surface area contributed by atoms with E-state index in [1.54, 1.807) is 25.4 Å². The normalized spacial score (nSPS) is 10.7. The van der Waals surface area contributed by atoms with Gasteiger partial charge in [-0.15, -0.1) is 11.3 Å². The summed E-state index contributed by atoms with van der Waals surface area (Å²) in [6.45, 7) is 2.15. The Morgan fingerprint density at radius 2 is 2.09 bits per heavy atom. The largest absolute Gasteiger partial charge is 0.346 e. The molecule has 118 valence electrons. The lowest BCUT2D eigenvalue weighted by atomic mass is 10.2. The van der Waals surface area contributed by atoms with E-state index in [0.29, 0.717) is 22.1 Å². The molecule has 2 aromatic heterocycles. The highest BCUT2D eigenvalue weighted by Crippen LogP contribution is 2.28. The van der Waals surface area contributed by atoms with Gasteiger partial charge in [0, 0.05) is 18.8 Å². The molecule has 0 unspecified atom stereocenters. The van der Waals surface area contributed by atoms with Crippen molar-refractivity contribution in [2.24, 2.45) is 7.05 Å². The Morgan fingerprint density at radius 1 is 1.35 bits per heavy atom. The fourth-order valence-corrected chi connectivity index (χ4v) is 3.12. The zero-order valence-corrected chi connectivity index (χ0v) is 13.5. The summed E-state index contributed by atoms with van der Waals surface area (Å²) in [6.07, 6.45) is 3.54. The second kappa shape index (κ2) is 6.29. The lowest BCUT2D eigenvalue weighted by Crippen LogP contribution is -2.22. The molecule has 23 heavy (non-hydrogen) atoms. The number of hydrogen-bond donors (Lipinski definition) is 1. The molecule has 2 heterocycles. The number of aromatic nitrogens is 3. The topological polar surface area (TPSA) is 59.8 Å². The van der Waals surface area contributed by atoms with Gasteiger partial charge in [-0.05, 0) is 31.2 Å². The Hall–Kier alpha value is -2.54. The minimum atomic E-state index is -0.296. The summed E-state index contributed by atoms with van der Waals surface area (Å²) >= 11 is 1.30. The van der Waals surface area contributed by atoms with Crippen LogP contribution in [-0.4, -0.2) is 20.4 Å². The molecular weight excluding hydrogens is 315 g/mol. The zero-order valence-electron chi connectivity index (χ0n) is 12.7. The monoisotopic (exact) mass is 330 g/mol. The van der Waals surface area contributed by atoms with E-state index in [1.807, 2.05) is 17.8 Å². The van der Waals surface area contributed by atoms with Crippen molar-refractivity contribution < 1.29 is 9.18 Å². The molecule has 0 aliphatic heterocycles. The van der Waals surface area contributed by atoms with Gasteiger partial charge < -0.3 is 9.88 Å². The zero-order chi connectivity index (χ0) is 16.4. The van der Waals surface area contributed by atoms with E-state index >= 15 is 0 Å². The lowest BCUT2D eigenvalue weighted by molar-refractivity contribution is 0.0953. The van der Waals surface area contributed by atoms with Gasteiger partial charge in [0.15, 0.2) is 0 Å². The van der Waals surface area contributed by atoms with Crippen LogP contribution in [0.15, 0.2) is 36.8 Å². The smallest absolute Gasteiger partial charge is 0.263 e. The molecule has 0 aliphatic rings. The number of nitrogens with zero attached hydrogens (tertiary/aromatic N) is 3. The third kappa shape index (κ3) is 3.45. The molecule has 0 radical (unpaired) electrons. The van der Waals surface area contributed by atoms with Crippen LogP contribution in [0.5, 0.6) is 0 Å². The summed E-state index contributed by atoms with van der Waals surface area (Å²) < 4.78 is 14.8. The van der Waals surface area contributed by atoms with Gasteiger partial charge in [-0.3, -0.25) is 4.79 Å². The average Bonchev–Trinajstić information content (AvgIpc) is 3.11. The fourth-order valence-electron chi connectivity index (χ4n) is 2.13. The van der Waals surface area contributed by atoms with Gasteiger partial charge in [0.05, 0.1) is 24.3 Å². The molecule has 3 aromatic rings. The van der Waals surface area contributed by atoms with Crippen molar-refractivity contribution in [1.29, 1.82) is 0 Å². The van der Waals surface area contributed by atoms with Crippen molar-refractivity contribution in [1.82, 2.24) is 19.9 Å². The van der Waals surface area contributed by atoms with Crippen LogP contribution < -0.4 is 5.32 Å². The Morgan fingerprint density at radius 3 is 2.74 bits per heavy atom. The number of aryl methyl sites for hydroxylation is 2. The number of carbonyl (C=O) groups is 1. The van der Waals surface area contributed by atoms with Gasteiger partial charge in [-0.1, -0.05) is 0 Å². The van der Waals surface area contributed by atoms with E-state index in [2.05, 4.69) is 15.3 Å². The molecule has 1 aromatic carbocycles. The summed E-state index contributed by atoms with van der Waals surface area (Å²) in [5, 5.41) is 3.54. The first-order valence-corrected chi connectivity index (χ1v) is 7.83. The third-order valence-corrected chi connectivity index (χ3v) is 4.49. The first kappa shape index (κ1) is 15.4. The predicted molar refractivity (Wildman–Crippen MR) is 86.6 cm³/mol. The van der Waals surface area contributed by atoms with Crippen molar-refractivity contribution in [3.8, 4) is 10.6 Å². The number of nitrogens with one attached hydrogen (secondary N) is 1. The van der Waals surface area contributed by atoms with E-state index in [4.69, 9.17) is 0 Å². The molecule has 5 nitrogen and oxygen atoms in total. The number of imidazole rings is 1. The number of hydrogen-bond acceptors (Lipinski definition) is 4. The number of carbonyl (C=O) groups excluding carboxylic acids is 1. The maximum atomic E-state index is 13.0. The number of rotatable bonds is 4. The molecule has 7 heteroatoms. The van der Waals surface area contributed by atoms with Crippen molar-refractivity contribution in [3.05, 3.63) is 58.9 Å². The molecule has 1 N–H and O–H groups in total. The summed E-state index contributed by atoms with van der Waals surface area (Å²) in [7, 11) is 1.88. The molecular formula is C16H15FN4OS. The van der Waals surface area contributed by atoms with E-state index in [-0.39, 0.29) is 11.7 Å². The molecule has 0 atom stereocenters. The third-order valence-electron chi connectivity index (χ3n) is 3.28. The number of amides is 1. The molecule has 0 saturated heterocycles. The Balaban J connectivity index is 1.74. The Bertz CT molecular complexity index is 838. The van der Waals surface area contributed by atoms with Crippen LogP contribution >= 0.6 is 11.3 Å². The van der Waals surface area contributed by atoms with Crippen LogP contribution in [-0.2, 0) is 13.6 Å². The van der Waals surface area contributed by atoms with Gasteiger partial charge in [0.1, 0.15) is 15.7 Å². The van der Waals surface area contributed by atoms with Crippen LogP contribution in [0.3, 0.4) is 0 Å². The quantitative estimate of drug-likeness (QED) is 0.800. The van der Waals surface area contributed by atoms with Gasteiger partial charge in [0.2, 0.25) is 0 Å². The molecule has 0 fully saturated rings. The number of thiazole rings is 1. The lowest BCUT2D eigenvalue weighted by Gasteiger charge is -2.01. The maximum Gasteiger partial charge on any atom is 0.263 e. The molecule has 0 aliphatic carbocycles. The predicted octanol–water partition coefficient (Wildman–Crippen LogP) is 2.92. The molecule has 0 saturated carbocycles. The highest BCUT2D eigenvalue weighted by molar-refractivity contribution is 7.17. The van der Waals surface area contributed by atoms with E-state index in [9.17, 15) is 9.18 Å². The van der Waals surface area contributed by atoms with Gasteiger partial charge in [-0.25, -0.2) is 14.4 Å². The van der Waals surface area contributed by atoms with Gasteiger partial charge in [-0.2, -0.15) is 0 Å². The number of benzene rings is 1. The van der Waals surface area contributed by atoms with Gasteiger partial charge in [0.25, 0.3) is 5.91 Å². The maximum absolute atomic E-state index is 13.0. The highest BCUT2D eigenvalue weighted by atomic mass is 32.1. The second-order valence-electron chi connectivity index (χ2n) is 5.15. The Labute approximate surface area is 136 Å². The first-order valence-electron chi connectivity index (χ1n) is 7.01. The molecule has 3 rings (SSSR count). The Kier molecular flexibility index (Phi) is 4.20. The standard InChI is InChI=1S/C16H15FN4OS/c1-10-14(15(22)18-7-13-8-21(2)9-19-13)23-16(20-10)11-3-5-12(17)6-4-11/h3-6,8-9H,7H2,1-2H3,(H,18,22). The minimum Gasteiger partial charge on any atom is -0.346 e. The number of halogens is 1. The van der Waals surface area contributed by atoms with Crippen LogP contribution in [0.2, 0.25) is 0 Å². The minimum absolute atomic E-state index is 0.181. The van der Waals surface area contributed by atoms with Crippen molar-refractivity contribution in [2.45, 2.75) is 13.5 Å². The van der Waals surface area contributed by atoms with E-state index < -0.39 is 0 Å². The first-order chi connectivity index (χ1) is 11.0. The molecule has 1 amide bonds. The van der Waals surface area contributed by atoms with Crippen molar-refractivity contribution in [3.63, 3.8) is 0 Å². The van der Waals surface area contributed by atoms with Crippen LogP contribution in [0.1, 0.15) is 21.1 Å². The molecule has 0 bridgehead atoms. The summed E-state index contributed by atoms with van der Waals surface area (Å²) in [5.74, 6) is -0.477. The summed E-state index contributed by atoms with van der Waals surface area (Å²) in [4.78, 5) is 21.4. The fraction of sp³-hybridized carbons (Fsp3) is 0.188. The van der Waals surface area contributed by atoms with Crippen LogP contribution in [0, 0.1) is 12.7 Å². The summed E-state index contributed by atoms with van der Waals surface area (Å²) in [5.41, 5.74) is 2.25. The average molecular weight is 330 g/mol. The molecule has 0 spiro atoms. The highest BCUT2D eigenvalue weighted by Gasteiger charge is 2.16. The van der Waals surface area contributed by atoms with E-state index in [1.165, 1.54) is 23.5 Å². The second-order valence-corrected chi connectivity index (χ2v) is 6.15. The van der Waals surface area contributed by atoms with Crippen LogP contribution in [0.25, 0.3) is 10.6 Å². The van der Waals surface area contributed by atoms with Gasteiger partial charge >= 0.3 is 0 Å². The van der Waals surface area contributed by atoms with Crippen molar-refractivity contribution >= 4 is 17.2 Å². The SMILES string of the molecule is Cc1nc(-c2ccc(F)cc2)sc1C(=O)NCc1cn(C)cn1. The van der Waals surface area contributed by atoms with E-state index in [0.717, 1.165) is 11.3 Å².